The summed E-state index contributed by atoms with van der Waals surface area (Å²) >= 11 is 1.91. The minimum atomic E-state index is -0.589. The number of carboxylic acid groups (broad SMARTS) is 1. The van der Waals surface area contributed by atoms with Gasteiger partial charge in [0.15, 0.2) is 0 Å². The van der Waals surface area contributed by atoms with Gasteiger partial charge in [-0.2, -0.15) is 11.8 Å². The van der Waals surface area contributed by atoms with Crippen LogP contribution >= 0.6 is 11.8 Å². The molecule has 0 heterocycles. The van der Waals surface area contributed by atoms with Crippen LogP contribution in [-0.2, 0) is 4.79 Å². The lowest BCUT2D eigenvalue weighted by molar-refractivity contribution is -0.143. The van der Waals surface area contributed by atoms with Crippen molar-refractivity contribution in [2.45, 2.75) is 65.6 Å². The fourth-order valence-corrected chi connectivity index (χ4v) is 4.45. The zero-order chi connectivity index (χ0) is 14.6. The molecule has 3 heteroatoms. The second-order valence-electron chi connectivity index (χ2n) is 7.21. The van der Waals surface area contributed by atoms with Crippen molar-refractivity contribution in [3.8, 4) is 0 Å². The average Bonchev–Trinajstić information content (AvgIpc) is 2.34. The molecule has 1 N–H and O–H groups in total. The van der Waals surface area contributed by atoms with Crippen LogP contribution in [0.5, 0.6) is 0 Å². The van der Waals surface area contributed by atoms with Crippen molar-refractivity contribution < 1.29 is 9.90 Å². The summed E-state index contributed by atoms with van der Waals surface area (Å²) in [7, 11) is 0. The Labute approximate surface area is 122 Å². The van der Waals surface area contributed by atoms with Crippen molar-refractivity contribution >= 4 is 17.7 Å². The Morgan fingerprint density at radius 2 is 2.00 bits per heavy atom. The zero-order valence-electron chi connectivity index (χ0n) is 13.1. The second-order valence-corrected chi connectivity index (χ2v) is 8.48. The highest BCUT2D eigenvalue weighted by molar-refractivity contribution is 7.99. The molecule has 0 radical (unpaired) electrons. The van der Waals surface area contributed by atoms with E-state index in [2.05, 4.69) is 34.6 Å². The van der Waals surface area contributed by atoms with Crippen molar-refractivity contribution in [2.75, 3.05) is 5.75 Å². The van der Waals surface area contributed by atoms with Crippen molar-refractivity contribution in [1.29, 1.82) is 0 Å². The van der Waals surface area contributed by atoms with Gasteiger partial charge in [-0.3, -0.25) is 4.79 Å². The minimum absolute atomic E-state index is 0.132. The molecule has 1 aliphatic carbocycles. The number of carboxylic acids is 1. The standard InChI is InChI=1S/C16H30O2S/c1-6-11(2)10-19-14-9-12(16(3,4)5)7-8-13(14)15(17)18/h11-14H,6-10H2,1-5H3,(H,17,18). The van der Waals surface area contributed by atoms with Crippen LogP contribution in [0.1, 0.15) is 60.3 Å². The van der Waals surface area contributed by atoms with E-state index >= 15 is 0 Å². The summed E-state index contributed by atoms with van der Waals surface area (Å²) in [4.78, 5) is 11.4. The Balaban J connectivity index is 2.65. The van der Waals surface area contributed by atoms with Crippen molar-refractivity contribution in [2.24, 2.45) is 23.2 Å². The number of aliphatic carboxylic acids is 1. The second kappa shape index (κ2) is 7.01. The van der Waals surface area contributed by atoms with Crippen LogP contribution in [-0.4, -0.2) is 22.1 Å². The molecule has 1 rings (SSSR count). The highest BCUT2D eigenvalue weighted by Gasteiger charge is 2.39. The van der Waals surface area contributed by atoms with E-state index in [1.165, 1.54) is 6.42 Å². The van der Waals surface area contributed by atoms with Gasteiger partial charge in [-0.1, -0.05) is 41.0 Å². The topological polar surface area (TPSA) is 37.3 Å². The maximum absolute atomic E-state index is 11.4. The highest BCUT2D eigenvalue weighted by atomic mass is 32.2. The molecule has 4 unspecified atom stereocenters. The first kappa shape index (κ1) is 16.9. The van der Waals surface area contributed by atoms with Gasteiger partial charge >= 0.3 is 5.97 Å². The first-order valence-electron chi connectivity index (χ1n) is 7.60. The third-order valence-corrected chi connectivity index (χ3v) is 6.34. The number of hydrogen-bond donors (Lipinski definition) is 1. The SMILES string of the molecule is CCC(C)CSC1CC(C(C)(C)C)CCC1C(=O)O. The maximum Gasteiger partial charge on any atom is 0.307 e. The lowest BCUT2D eigenvalue weighted by Gasteiger charge is -2.40. The van der Waals surface area contributed by atoms with Gasteiger partial charge in [-0.15, -0.1) is 0 Å². The quantitative estimate of drug-likeness (QED) is 0.797. The molecule has 2 nitrogen and oxygen atoms in total. The Bertz CT molecular complexity index is 296. The van der Waals surface area contributed by atoms with E-state index in [0.29, 0.717) is 22.5 Å². The van der Waals surface area contributed by atoms with Gasteiger partial charge in [0, 0.05) is 5.25 Å². The number of carbonyl (C=O) groups is 1. The van der Waals surface area contributed by atoms with Crippen molar-refractivity contribution in [3.63, 3.8) is 0 Å². The maximum atomic E-state index is 11.4. The first-order valence-corrected chi connectivity index (χ1v) is 8.65. The Kier molecular flexibility index (Phi) is 6.22. The lowest BCUT2D eigenvalue weighted by Crippen LogP contribution is -2.37. The fourth-order valence-electron chi connectivity index (χ4n) is 2.79. The molecule has 0 bridgehead atoms. The summed E-state index contributed by atoms with van der Waals surface area (Å²) in [5.74, 6) is 1.73. The van der Waals surface area contributed by atoms with Gasteiger partial charge in [-0.25, -0.2) is 0 Å². The summed E-state index contributed by atoms with van der Waals surface area (Å²) in [5, 5.41) is 9.72. The Hall–Kier alpha value is -0.180. The third-order valence-electron chi connectivity index (χ3n) is 4.63. The smallest absolute Gasteiger partial charge is 0.307 e. The van der Waals surface area contributed by atoms with Crippen molar-refractivity contribution in [1.82, 2.24) is 0 Å². The molecule has 1 saturated carbocycles. The predicted octanol–water partition coefficient (Wildman–Crippen LogP) is 4.68. The first-order chi connectivity index (χ1) is 8.75. The monoisotopic (exact) mass is 286 g/mol. The molecular formula is C16H30O2S. The van der Waals surface area contributed by atoms with Crippen LogP contribution in [0.15, 0.2) is 0 Å². The molecule has 112 valence electrons. The molecule has 1 fully saturated rings. The fraction of sp³-hybridized carbons (Fsp3) is 0.938. The predicted molar refractivity (Wildman–Crippen MR) is 83.6 cm³/mol. The third kappa shape index (κ3) is 5.02. The lowest BCUT2D eigenvalue weighted by atomic mass is 9.69. The van der Waals surface area contributed by atoms with Gasteiger partial charge in [0.25, 0.3) is 0 Å². The van der Waals surface area contributed by atoms with Crippen LogP contribution < -0.4 is 0 Å². The summed E-state index contributed by atoms with van der Waals surface area (Å²) in [6.07, 6.45) is 4.18. The molecule has 0 spiro atoms. The molecule has 19 heavy (non-hydrogen) atoms. The van der Waals surface area contributed by atoms with E-state index in [9.17, 15) is 9.90 Å². The number of thioether (sulfide) groups is 1. The Morgan fingerprint density at radius 3 is 2.47 bits per heavy atom. The zero-order valence-corrected chi connectivity index (χ0v) is 13.9. The molecule has 0 aromatic carbocycles. The van der Waals surface area contributed by atoms with Crippen LogP contribution in [0.25, 0.3) is 0 Å². The van der Waals surface area contributed by atoms with E-state index < -0.39 is 5.97 Å². The normalized spacial score (nSPS) is 30.1. The van der Waals surface area contributed by atoms with Gasteiger partial charge in [0.05, 0.1) is 5.92 Å². The van der Waals surface area contributed by atoms with Crippen LogP contribution in [0.3, 0.4) is 0 Å². The van der Waals surface area contributed by atoms with Crippen LogP contribution in [0, 0.1) is 23.2 Å². The Morgan fingerprint density at radius 1 is 1.37 bits per heavy atom. The molecule has 1 aliphatic rings. The molecular weight excluding hydrogens is 256 g/mol. The van der Waals surface area contributed by atoms with Gasteiger partial charge in [-0.05, 0) is 42.3 Å². The number of rotatable bonds is 5. The van der Waals surface area contributed by atoms with E-state index in [4.69, 9.17) is 0 Å². The largest absolute Gasteiger partial charge is 0.481 e. The minimum Gasteiger partial charge on any atom is -0.481 e. The van der Waals surface area contributed by atoms with Crippen LogP contribution in [0.4, 0.5) is 0 Å². The molecule has 4 atom stereocenters. The van der Waals surface area contributed by atoms with Crippen LogP contribution in [0.2, 0.25) is 0 Å². The van der Waals surface area contributed by atoms with Gasteiger partial charge in [0.2, 0.25) is 0 Å². The summed E-state index contributed by atoms with van der Waals surface area (Å²) in [6, 6.07) is 0. The van der Waals surface area contributed by atoms with Crippen molar-refractivity contribution in [3.05, 3.63) is 0 Å². The average molecular weight is 286 g/mol. The molecule has 0 aliphatic heterocycles. The van der Waals surface area contributed by atoms with E-state index in [-0.39, 0.29) is 5.92 Å². The number of hydrogen-bond acceptors (Lipinski definition) is 2. The summed E-state index contributed by atoms with van der Waals surface area (Å²) in [5.41, 5.74) is 0.304. The molecule has 0 amide bonds. The van der Waals surface area contributed by atoms with Gasteiger partial charge in [0.1, 0.15) is 0 Å². The molecule has 0 aromatic rings. The van der Waals surface area contributed by atoms with Gasteiger partial charge < -0.3 is 5.11 Å². The molecule has 0 saturated heterocycles. The van der Waals surface area contributed by atoms with E-state index in [1.54, 1.807) is 0 Å². The van der Waals surface area contributed by atoms with E-state index in [1.807, 2.05) is 11.8 Å². The highest BCUT2D eigenvalue weighted by Crippen LogP contribution is 2.44. The molecule has 0 aromatic heterocycles. The van der Waals surface area contributed by atoms with E-state index in [0.717, 1.165) is 25.0 Å². The summed E-state index contributed by atoms with van der Waals surface area (Å²) < 4.78 is 0. The summed E-state index contributed by atoms with van der Waals surface area (Å²) in [6.45, 7) is 11.3.